The number of aliphatic hydroxyl groups is 1. The number of hydrogen-bond acceptors (Lipinski definition) is 4. The van der Waals surface area contributed by atoms with Crippen LogP contribution in [0.25, 0.3) is 0 Å². The molecule has 4 nitrogen and oxygen atoms in total. The van der Waals surface area contributed by atoms with Crippen LogP contribution in [0.5, 0.6) is 11.5 Å². The molecule has 0 bridgehead atoms. The minimum atomic E-state index is -0.356. The zero-order chi connectivity index (χ0) is 15.1. The molecule has 1 aromatic rings. The molecule has 4 heteroatoms. The van der Waals surface area contributed by atoms with E-state index in [0.717, 1.165) is 50.3 Å². The quantitative estimate of drug-likeness (QED) is 0.724. The van der Waals surface area contributed by atoms with E-state index in [9.17, 15) is 5.11 Å². The molecule has 118 valence electrons. The van der Waals surface area contributed by atoms with Gasteiger partial charge in [0.2, 0.25) is 0 Å². The summed E-state index contributed by atoms with van der Waals surface area (Å²) in [7, 11) is 0. The Morgan fingerprint density at radius 3 is 2.76 bits per heavy atom. The summed E-state index contributed by atoms with van der Waals surface area (Å²) >= 11 is 0. The molecule has 2 rings (SSSR count). The molecule has 0 heterocycles. The Bertz CT molecular complexity index is 436. The first-order valence-corrected chi connectivity index (χ1v) is 8.05. The Balaban J connectivity index is 2.05. The zero-order valence-electron chi connectivity index (χ0n) is 13.1. The van der Waals surface area contributed by atoms with Crippen LogP contribution in [-0.4, -0.2) is 30.5 Å². The summed E-state index contributed by atoms with van der Waals surface area (Å²) in [4.78, 5) is 0. The third kappa shape index (κ3) is 4.61. The maximum atomic E-state index is 9.89. The maximum Gasteiger partial charge on any atom is 0.161 e. The fourth-order valence-electron chi connectivity index (χ4n) is 2.64. The molecule has 21 heavy (non-hydrogen) atoms. The van der Waals surface area contributed by atoms with Crippen LogP contribution < -0.4 is 14.8 Å². The lowest BCUT2D eigenvalue weighted by Crippen LogP contribution is -2.25. The van der Waals surface area contributed by atoms with Gasteiger partial charge in [-0.15, -0.1) is 0 Å². The van der Waals surface area contributed by atoms with Crippen LogP contribution in [0.1, 0.15) is 45.1 Å². The van der Waals surface area contributed by atoms with E-state index in [0.29, 0.717) is 6.61 Å². The molecule has 1 aliphatic rings. The lowest BCUT2D eigenvalue weighted by atomic mass is 10.2. The van der Waals surface area contributed by atoms with Crippen molar-refractivity contribution >= 4 is 0 Å². The summed E-state index contributed by atoms with van der Waals surface area (Å²) in [5.74, 6) is 1.51. The summed E-state index contributed by atoms with van der Waals surface area (Å²) in [5.41, 5.74) is 1.19. The van der Waals surface area contributed by atoms with Crippen LogP contribution >= 0.6 is 0 Å². The van der Waals surface area contributed by atoms with Crippen molar-refractivity contribution in [3.05, 3.63) is 23.8 Å². The molecular weight excluding hydrogens is 266 g/mol. The minimum absolute atomic E-state index is 0.103. The van der Waals surface area contributed by atoms with Crippen LogP contribution in [0.4, 0.5) is 0 Å². The van der Waals surface area contributed by atoms with Gasteiger partial charge in [-0.25, -0.2) is 0 Å². The normalized spacial score (nSPS) is 21.5. The van der Waals surface area contributed by atoms with Gasteiger partial charge in [-0.05, 0) is 56.8 Å². The topological polar surface area (TPSA) is 50.7 Å². The largest absolute Gasteiger partial charge is 0.490 e. The van der Waals surface area contributed by atoms with Crippen molar-refractivity contribution in [2.24, 2.45) is 0 Å². The molecule has 0 aromatic heterocycles. The second-order valence-electron chi connectivity index (χ2n) is 5.55. The standard InChI is InChI=1S/C17H27NO3/c1-3-10-18-12-13-8-9-16(17(11-13)20-4-2)21-15-7-5-6-14(15)19/h8-9,11,14-15,18-19H,3-7,10,12H2,1-2H3. The maximum absolute atomic E-state index is 9.89. The number of rotatable bonds is 8. The molecule has 2 unspecified atom stereocenters. The molecule has 2 N–H and O–H groups in total. The highest BCUT2D eigenvalue weighted by Crippen LogP contribution is 2.32. The van der Waals surface area contributed by atoms with Gasteiger partial charge in [0, 0.05) is 6.54 Å². The van der Waals surface area contributed by atoms with Gasteiger partial charge in [0.25, 0.3) is 0 Å². The fraction of sp³-hybridized carbons (Fsp3) is 0.647. The lowest BCUT2D eigenvalue weighted by Gasteiger charge is -2.20. The van der Waals surface area contributed by atoms with E-state index < -0.39 is 0 Å². The molecule has 0 radical (unpaired) electrons. The van der Waals surface area contributed by atoms with Crippen molar-refractivity contribution in [1.29, 1.82) is 0 Å². The van der Waals surface area contributed by atoms with Crippen molar-refractivity contribution in [3.8, 4) is 11.5 Å². The molecule has 0 amide bonds. The Morgan fingerprint density at radius 1 is 1.24 bits per heavy atom. The number of aliphatic hydroxyl groups excluding tert-OH is 1. The number of hydrogen-bond donors (Lipinski definition) is 2. The molecule has 1 saturated carbocycles. The SMILES string of the molecule is CCCNCc1ccc(OC2CCCC2O)c(OCC)c1. The Labute approximate surface area is 127 Å². The molecule has 0 saturated heterocycles. The number of ether oxygens (including phenoxy) is 2. The third-order valence-corrected chi connectivity index (χ3v) is 3.76. The van der Waals surface area contributed by atoms with Crippen molar-refractivity contribution in [2.75, 3.05) is 13.2 Å². The van der Waals surface area contributed by atoms with E-state index in [1.807, 2.05) is 19.1 Å². The lowest BCUT2D eigenvalue weighted by molar-refractivity contribution is 0.0582. The average Bonchev–Trinajstić information content (AvgIpc) is 2.87. The predicted molar refractivity (Wildman–Crippen MR) is 83.9 cm³/mol. The smallest absolute Gasteiger partial charge is 0.161 e. The molecule has 2 atom stereocenters. The van der Waals surface area contributed by atoms with Gasteiger partial charge in [0.15, 0.2) is 11.5 Å². The molecule has 0 spiro atoms. The van der Waals surface area contributed by atoms with E-state index >= 15 is 0 Å². The number of nitrogens with one attached hydrogen (secondary N) is 1. The summed E-state index contributed by atoms with van der Waals surface area (Å²) in [6.07, 6.45) is 3.42. The molecular formula is C17H27NO3. The third-order valence-electron chi connectivity index (χ3n) is 3.76. The van der Waals surface area contributed by atoms with E-state index in [2.05, 4.69) is 18.3 Å². The van der Waals surface area contributed by atoms with E-state index in [4.69, 9.17) is 9.47 Å². The van der Waals surface area contributed by atoms with Crippen LogP contribution in [0.15, 0.2) is 18.2 Å². The highest BCUT2D eigenvalue weighted by atomic mass is 16.5. The van der Waals surface area contributed by atoms with Gasteiger partial charge in [0.05, 0.1) is 12.7 Å². The minimum Gasteiger partial charge on any atom is -0.490 e. The van der Waals surface area contributed by atoms with Crippen LogP contribution in [0.2, 0.25) is 0 Å². The van der Waals surface area contributed by atoms with Gasteiger partial charge in [0.1, 0.15) is 6.10 Å². The van der Waals surface area contributed by atoms with Gasteiger partial charge in [-0.3, -0.25) is 0 Å². The molecule has 1 aromatic carbocycles. The first-order chi connectivity index (χ1) is 10.2. The molecule has 1 fully saturated rings. The monoisotopic (exact) mass is 293 g/mol. The summed E-state index contributed by atoms with van der Waals surface area (Å²) in [6.45, 7) is 6.57. The average molecular weight is 293 g/mol. The molecule has 1 aliphatic carbocycles. The van der Waals surface area contributed by atoms with Crippen molar-refractivity contribution in [3.63, 3.8) is 0 Å². The zero-order valence-corrected chi connectivity index (χ0v) is 13.1. The second kappa shape index (κ2) is 8.25. The van der Waals surface area contributed by atoms with Crippen molar-refractivity contribution < 1.29 is 14.6 Å². The Hall–Kier alpha value is -1.26. The Kier molecular flexibility index (Phi) is 6.33. The predicted octanol–water partition coefficient (Wildman–Crippen LogP) is 2.88. The van der Waals surface area contributed by atoms with Gasteiger partial charge in [-0.2, -0.15) is 0 Å². The number of benzene rings is 1. The van der Waals surface area contributed by atoms with E-state index in [-0.39, 0.29) is 12.2 Å². The second-order valence-corrected chi connectivity index (χ2v) is 5.55. The summed E-state index contributed by atoms with van der Waals surface area (Å²) in [6, 6.07) is 6.05. The van der Waals surface area contributed by atoms with Crippen LogP contribution in [0.3, 0.4) is 0 Å². The van der Waals surface area contributed by atoms with Crippen LogP contribution in [-0.2, 0) is 6.54 Å². The van der Waals surface area contributed by atoms with E-state index in [1.165, 1.54) is 5.56 Å². The molecule has 0 aliphatic heterocycles. The van der Waals surface area contributed by atoms with Crippen molar-refractivity contribution in [2.45, 2.75) is 58.3 Å². The summed E-state index contributed by atoms with van der Waals surface area (Å²) < 4.78 is 11.7. The van der Waals surface area contributed by atoms with Gasteiger partial charge < -0.3 is 19.9 Å². The van der Waals surface area contributed by atoms with Crippen molar-refractivity contribution in [1.82, 2.24) is 5.32 Å². The van der Waals surface area contributed by atoms with Crippen LogP contribution in [0, 0.1) is 0 Å². The first kappa shape index (κ1) is 16.1. The first-order valence-electron chi connectivity index (χ1n) is 8.05. The van der Waals surface area contributed by atoms with Gasteiger partial charge in [-0.1, -0.05) is 13.0 Å². The fourth-order valence-corrected chi connectivity index (χ4v) is 2.64. The highest BCUT2D eigenvalue weighted by Gasteiger charge is 2.27. The Morgan fingerprint density at radius 2 is 2.10 bits per heavy atom. The van der Waals surface area contributed by atoms with E-state index in [1.54, 1.807) is 0 Å². The summed E-state index contributed by atoms with van der Waals surface area (Å²) in [5, 5.41) is 13.3. The highest BCUT2D eigenvalue weighted by molar-refractivity contribution is 5.43. The van der Waals surface area contributed by atoms with Gasteiger partial charge >= 0.3 is 0 Å².